The molecule has 0 saturated heterocycles. The van der Waals surface area contributed by atoms with E-state index in [1.807, 2.05) is 52.0 Å². The molecule has 6 nitrogen and oxygen atoms in total. The lowest BCUT2D eigenvalue weighted by Crippen LogP contribution is -2.54. The number of carboxylic acids is 1. The second-order valence-electron chi connectivity index (χ2n) is 8.12. The van der Waals surface area contributed by atoms with Gasteiger partial charge in [-0.1, -0.05) is 52.0 Å². The van der Waals surface area contributed by atoms with Gasteiger partial charge in [0.25, 0.3) is 0 Å². The third-order valence-corrected chi connectivity index (χ3v) is 5.86. The average Bonchev–Trinajstić information content (AvgIpc) is 2.67. The first-order chi connectivity index (χ1) is 13.2. The average molecular weight is 389 g/mol. The Morgan fingerprint density at radius 2 is 1.79 bits per heavy atom. The van der Waals surface area contributed by atoms with Crippen LogP contribution in [0.3, 0.4) is 0 Å². The maximum Gasteiger partial charge on any atom is 0.311 e. The Morgan fingerprint density at radius 3 is 2.32 bits per heavy atom. The van der Waals surface area contributed by atoms with Crippen molar-refractivity contribution in [2.24, 2.45) is 11.3 Å². The zero-order chi connectivity index (χ0) is 20.9. The van der Waals surface area contributed by atoms with Gasteiger partial charge in [0.2, 0.25) is 11.8 Å². The van der Waals surface area contributed by atoms with Gasteiger partial charge in [0.05, 0.1) is 5.41 Å². The molecule has 154 valence electrons. The van der Waals surface area contributed by atoms with Crippen LogP contribution in [0.4, 0.5) is 0 Å². The van der Waals surface area contributed by atoms with Gasteiger partial charge in [0.15, 0.2) is 0 Å². The van der Waals surface area contributed by atoms with Gasteiger partial charge in [0.1, 0.15) is 6.04 Å². The molecule has 28 heavy (non-hydrogen) atoms. The van der Waals surface area contributed by atoms with E-state index in [1.165, 1.54) is 0 Å². The highest BCUT2D eigenvalue weighted by atomic mass is 16.4. The molecule has 0 aromatic heterocycles. The molecule has 0 saturated carbocycles. The Labute approximate surface area is 167 Å². The molecule has 1 aliphatic rings. The SMILES string of the molecule is CCC(CC)(CNC(=O)C1Cc2ccccc2CN1C(=O)CC(C)C)C(=O)O. The molecule has 1 atom stereocenters. The van der Waals surface area contributed by atoms with Crippen molar-refractivity contribution in [1.82, 2.24) is 10.2 Å². The molecule has 1 aromatic rings. The first kappa shape index (κ1) is 21.9. The van der Waals surface area contributed by atoms with E-state index >= 15 is 0 Å². The molecular formula is C22H32N2O4. The molecule has 0 radical (unpaired) electrons. The van der Waals surface area contributed by atoms with E-state index in [4.69, 9.17) is 0 Å². The molecule has 2 amide bonds. The predicted octanol–water partition coefficient (Wildman–Crippen LogP) is 2.99. The summed E-state index contributed by atoms with van der Waals surface area (Å²) in [5.41, 5.74) is 1.15. The summed E-state index contributed by atoms with van der Waals surface area (Å²) in [7, 11) is 0. The summed E-state index contributed by atoms with van der Waals surface area (Å²) in [4.78, 5) is 39.2. The maximum absolute atomic E-state index is 13.0. The number of amides is 2. The number of nitrogens with one attached hydrogen (secondary N) is 1. The van der Waals surface area contributed by atoms with Gasteiger partial charge in [-0.15, -0.1) is 0 Å². The lowest BCUT2D eigenvalue weighted by Gasteiger charge is -2.37. The number of nitrogens with zero attached hydrogens (tertiary/aromatic N) is 1. The number of carbonyl (C=O) groups excluding carboxylic acids is 2. The minimum Gasteiger partial charge on any atom is -0.481 e. The summed E-state index contributed by atoms with van der Waals surface area (Å²) in [5.74, 6) is -1.02. The second kappa shape index (κ2) is 9.22. The van der Waals surface area contributed by atoms with Crippen molar-refractivity contribution < 1.29 is 19.5 Å². The Kier molecular flexibility index (Phi) is 7.22. The predicted molar refractivity (Wildman–Crippen MR) is 108 cm³/mol. The van der Waals surface area contributed by atoms with Gasteiger partial charge < -0.3 is 15.3 Å². The van der Waals surface area contributed by atoms with E-state index < -0.39 is 17.4 Å². The van der Waals surface area contributed by atoms with Crippen molar-refractivity contribution in [3.05, 3.63) is 35.4 Å². The Morgan fingerprint density at radius 1 is 1.18 bits per heavy atom. The fraction of sp³-hybridized carbons (Fsp3) is 0.591. The Balaban J connectivity index is 2.22. The van der Waals surface area contributed by atoms with E-state index in [0.29, 0.717) is 32.2 Å². The molecule has 0 spiro atoms. The first-order valence-electron chi connectivity index (χ1n) is 10.1. The van der Waals surface area contributed by atoms with Crippen LogP contribution in [-0.4, -0.2) is 40.4 Å². The van der Waals surface area contributed by atoms with Crippen molar-refractivity contribution in [1.29, 1.82) is 0 Å². The summed E-state index contributed by atoms with van der Waals surface area (Å²) in [6, 6.07) is 7.24. The van der Waals surface area contributed by atoms with Crippen LogP contribution >= 0.6 is 0 Å². The van der Waals surface area contributed by atoms with Gasteiger partial charge in [-0.3, -0.25) is 14.4 Å². The van der Waals surface area contributed by atoms with Crippen LogP contribution in [0.25, 0.3) is 0 Å². The smallest absolute Gasteiger partial charge is 0.311 e. The molecule has 0 bridgehead atoms. The zero-order valence-electron chi connectivity index (χ0n) is 17.3. The van der Waals surface area contributed by atoms with Gasteiger partial charge in [-0.25, -0.2) is 0 Å². The number of aliphatic carboxylic acids is 1. The van der Waals surface area contributed by atoms with Crippen molar-refractivity contribution in [2.75, 3.05) is 6.54 Å². The molecule has 1 unspecified atom stereocenters. The zero-order valence-corrected chi connectivity index (χ0v) is 17.3. The number of rotatable bonds is 8. The number of carboxylic acid groups (broad SMARTS) is 1. The van der Waals surface area contributed by atoms with Crippen LogP contribution in [-0.2, 0) is 27.3 Å². The largest absolute Gasteiger partial charge is 0.481 e. The van der Waals surface area contributed by atoms with Gasteiger partial charge in [-0.05, 0) is 29.9 Å². The van der Waals surface area contributed by atoms with Crippen LogP contribution in [0.2, 0.25) is 0 Å². The molecule has 1 aliphatic heterocycles. The summed E-state index contributed by atoms with van der Waals surface area (Å²) in [6.45, 7) is 8.07. The van der Waals surface area contributed by atoms with E-state index in [-0.39, 0.29) is 24.3 Å². The summed E-state index contributed by atoms with van der Waals surface area (Å²) in [5, 5.41) is 12.4. The minimum absolute atomic E-state index is 0.0415. The lowest BCUT2D eigenvalue weighted by molar-refractivity contribution is -0.150. The van der Waals surface area contributed by atoms with Crippen LogP contribution < -0.4 is 5.32 Å². The van der Waals surface area contributed by atoms with E-state index in [9.17, 15) is 19.5 Å². The number of hydrogen-bond donors (Lipinski definition) is 2. The molecule has 2 rings (SSSR count). The van der Waals surface area contributed by atoms with Crippen LogP contribution in [0.15, 0.2) is 24.3 Å². The molecule has 2 N–H and O–H groups in total. The van der Waals surface area contributed by atoms with Crippen molar-refractivity contribution in [3.63, 3.8) is 0 Å². The van der Waals surface area contributed by atoms with Gasteiger partial charge in [0, 0.05) is 25.9 Å². The standard InChI is InChI=1S/C22H32N2O4/c1-5-22(6-2,21(27)28)14-23-20(26)18-12-16-9-7-8-10-17(16)13-24(18)19(25)11-15(3)4/h7-10,15,18H,5-6,11-14H2,1-4H3,(H,23,26)(H,27,28). The van der Waals surface area contributed by atoms with Crippen molar-refractivity contribution >= 4 is 17.8 Å². The van der Waals surface area contributed by atoms with Gasteiger partial charge in [-0.2, -0.15) is 0 Å². The van der Waals surface area contributed by atoms with Crippen LogP contribution in [0.5, 0.6) is 0 Å². The normalized spacial score (nSPS) is 16.6. The molecule has 6 heteroatoms. The highest BCUT2D eigenvalue weighted by Crippen LogP contribution is 2.27. The van der Waals surface area contributed by atoms with E-state index in [1.54, 1.807) is 4.90 Å². The number of hydrogen-bond acceptors (Lipinski definition) is 3. The van der Waals surface area contributed by atoms with Gasteiger partial charge >= 0.3 is 5.97 Å². The van der Waals surface area contributed by atoms with E-state index in [2.05, 4.69) is 5.32 Å². The number of carbonyl (C=O) groups is 3. The Bertz CT molecular complexity index is 725. The van der Waals surface area contributed by atoms with Crippen LogP contribution in [0, 0.1) is 11.3 Å². The number of fused-ring (bicyclic) bond motifs is 1. The quantitative estimate of drug-likeness (QED) is 0.717. The van der Waals surface area contributed by atoms with Crippen molar-refractivity contribution in [2.45, 2.75) is 66.0 Å². The summed E-state index contributed by atoms with van der Waals surface area (Å²) in [6.07, 6.45) is 1.70. The highest BCUT2D eigenvalue weighted by molar-refractivity contribution is 5.89. The molecule has 0 fully saturated rings. The fourth-order valence-electron chi connectivity index (χ4n) is 3.74. The van der Waals surface area contributed by atoms with E-state index in [0.717, 1.165) is 11.1 Å². The highest BCUT2D eigenvalue weighted by Gasteiger charge is 2.38. The van der Waals surface area contributed by atoms with Crippen LogP contribution in [0.1, 0.15) is 58.1 Å². The molecule has 1 heterocycles. The fourth-order valence-corrected chi connectivity index (χ4v) is 3.74. The van der Waals surface area contributed by atoms with Crippen molar-refractivity contribution in [3.8, 4) is 0 Å². The summed E-state index contributed by atoms with van der Waals surface area (Å²) >= 11 is 0. The maximum atomic E-state index is 13.0. The topological polar surface area (TPSA) is 86.7 Å². The minimum atomic E-state index is -0.977. The lowest BCUT2D eigenvalue weighted by atomic mass is 9.82. The molecule has 1 aromatic carbocycles. The second-order valence-corrected chi connectivity index (χ2v) is 8.12. The monoisotopic (exact) mass is 388 g/mol. The number of benzene rings is 1. The first-order valence-corrected chi connectivity index (χ1v) is 10.1. The molecular weight excluding hydrogens is 356 g/mol. The molecule has 0 aliphatic carbocycles. The Hall–Kier alpha value is -2.37. The third-order valence-electron chi connectivity index (χ3n) is 5.86. The summed E-state index contributed by atoms with van der Waals surface area (Å²) < 4.78 is 0. The third kappa shape index (κ3) is 4.72.